The van der Waals surface area contributed by atoms with Crippen LogP contribution in [-0.4, -0.2) is 58.4 Å². The third-order valence-corrected chi connectivity index (χ3v) is 9.52. The number of nitrogens with one attached hydrogen (secondary N) is 3. The first kappa shape index (κ1) is 46.9. The Labute approximate surface area is 374 Å². The molecule has 7 rings (SSSR count). The van der Waals surface area contributed by atoms with Gasteiger partial charge in [-0.3, -0.25) is 20.3 Å². The molecule has 0 fully saturated rings. The maximum Gasteiger partial charge on any atom is 0.248 e. The first-order chi connectivity index (χ1) is 30.3. The molecule has 0 aliphatic carbocycles. The molecule has 4 aromatic heterocycles. The molecule has 0 aliphatic rings. The van der Waals surface area contributed by atoms with Gasteiger partial charge in [0, 0.05) is 51.4 Å². The number of nitrogens with two attached hydrogens (primary N) is 2. The van der Waals surface area contributed by atoms with Crippen molar-refractivity contribution in [2.24, 2.45) is 9.98 Å². The molecule has 0 bridgehead atoms. The number of thioether (sulfide) groups is 3. The summed E-state index contributed by atoms with van der Waals surface area (Å²) in [5, 5.41) is 29.1. The Balaban J connectivity index is 0.000000304. The van der Waals surface area contributed by atoms with E-state index in [9.17, 15) is 0 Å². The summed E-state index contributed by atoms with van der Waals surface area (Å²) in [6.07, 6.45) is 19.3. The van der Waals surface area contributed by atoms with Crippen LogP contribution >= 0.6 is 35.3 Å². The molecule has 0 atom stereocenters. The maximum absolute atomic E-state index is 8.57. The minimum Gasteiger partial charge on any atom is -0.457 e. The van der Waals surface area contributed by atoms with Crippen LogP contribution in [0.1, 0.15) is 2.85 Å². The van der Waals surface area contributed by atoms with Crippen molar-refractivity contribution in [3.05, 3.63) is 146 Å². The highest BCUT2D eigenvalue weighted by Gasteiger charge is 2.03. The molecule has 20 heteroatoms. The topological polar surface area (TPSA) is 256 Å². The third-order valence-electron chi connectivity index (χ3n) is 7.06. The number of ether oxygens (including phenoxy) is 3. The smallest absolute Gasteiger partial charge is 0.248 e. The van der Waals surface area contributed by atoms with Crippen LogP contribution in [0.3, 0.4) is 0 Å². The summed E-state index contributed by atoms with van der Waals surface area (Å²) in [5.74, 6) is 5.14. The molecule has 4 heterocycles. The fourth-order valence-electron chi connectivity index (χ4n) is 4.32. The lowest BCUT2D eigenvalue weighted by atomic mass is 10.3. The number of benzene rings is 3. The van der Waals surface area contributed by atoms with Crippen LogP contribution in [-0.2, 0) is 0 Å². The molecule has 0 radical (unpaired) electrons. The van der Waals surface area contributed by atoms with E-state index < -0.39 is 0 Å². The number of rotatable bonds is 9. The number of anilines is 4. The van der Waals surface area contributed by atoms with Crippen molar-refractivity contribution < 1.29 is 17.1 Å². The number of hydrogen-bond acceptors (Lipinski definition) is 18. The molecule has 0 saturated heterocycles. The Kier molecular flexibility index (Phi) is 20.5. The largest absolute Gasteiger partial charge is 0.457 e. The van der Waals surface area contributed by atoms with Gasteiger partial charge in [0.1, 0.15) is 38.9 Å². The van der Waals surface area contributed by atoms with Crippen LogP contribution in [0.25, 0.3) is 0 Å². The Hall–Kier alpha value is -7.78. The number of nitrogens with zero attached hydrogens (tertiary/aromatic N) is 9. The van der Waals surface area contributed by atoms with Gasteiger partial charge in [0.05, 0.1) is 5.69 Å². The van der Waals surface area contributed by atoms with Crippen molar-refractivity contribution >= 4 is 73.8 Å². The van der Waals surface area contributed by atoms with Crippen molar-refractivity contribution in [2.45, 2.75) is 0 Å². The van der Waals surface area contributed by atoms with Crippen LogP contribution in [0, 0.1) is 22.9 Å². The van der Waals surface area contributed by atoms with Crippen LogP contribution in [0.5, 0.6) is 34.5 Å². The summed E-state index contributed by atoms with van der Waals surface area (Å²) in [6.45, 7) is 0. The molecule has 7 aromatic rings. The van der Waals surface area contributed by atoms with Gasteiger partial charge in [0.25, 0.3) is 0 Å². The molecule has 0 saturated carbocycles. The highest BCUT2D eigenvalue weighted by atomic mass is 32.2. The molecular formula is C42H44N14O3S3. The number of nitriles is 2. The summed E-state index contributed by atoms with van der Waals surface area (Å²) >= 11 is 4.34. The van der Waals surface area contributed by atoms with E-state index in [-0.39, 0.29) is 8.80 Å². The molecule has 0 aliphatic heterocycles. The number of aromatic amines is 1. The van der Waals surface area contributed by atoms with Crippen molar-refractivity contribution in [2.75, 3.05) is 35.6 Å². The second-order valence-electron chi connectivity index (χ2n) is 11.4. The SMILES string of the molecule is CSC(=NC#N)SC.CSC(=Nc1ccc(Oc2ccncc2)cc1)NC#N.Nc1ccc(Oc2ccncc2)cc1.Nc1nc(Nc2ccc(Oc3ccncc3)cc2)n[nH]1.[2HH].[2HH]. The molecular weight excluding hydrogens is 845 g/mol. The fourth-order valence-corrected chi connectivity index (χ4v) is 5.60. The zero-order chi connectivity index (χ0) is 44.2. The minimum atomic E-state index is 0. The summed E-state index contributed by atoms with van der Waals surface area (Å²) < 4.78 is 17.7. The predicted octanol–water partition coefficient (Wildman–Crippen LogP) is 10.1. The first-order valence-corrected chi connectivity index (χ1v) is 21.5. The number of aromatic nitrogens is 6. The number of pyridine rings is 3. The quantitative estimate of drug-likeness (QED) is 0.0297. The van der Waals surface area contributed by atoms with Gasteiger partial charge in [-0.05, 0) is 128 Å². The average Bonchev–Trinajstić information content (AvgIpc) is 3.73. The van der Waals surface area contributed by atoms with Gasteiger partial charge in [-0.1, -0.05) is 11.8 Å². The van der Waals surface area contributed by atoms with Crippen molar-refractivity contribution in [1.29, 1.82) is 10.5 Å². The van der Waals surface area contributed by atoms with Crippen LogP contribution in [0.4, 0.5) is 29.0 Å². The van der Waals surface area contributed by atoms with E-state index in [1.807, 2.05) is 85.6 Å². The summed E-state index contributed by atoms with van der Waals surface area (Å²) in [5.41, 5.74) is 13.3. The molecule has 0 unspecified atom stereocenters. The number of nitrogen functional groups attached to an aromatic ring is 2. The number of amidine groups is 1. The van der Waals surface area contributed by atoms with Crippen LogP contribution < -0.4 is 36.3 Å². The van der Waals surface area contributed by atoms with E-state index in [1.165, 1.54) is 35.3 Å². The molecule has 0 spiro atoms. The third kappa shape index (κ3) is 18.0. The monoisotopic (exact) mass is 890 g/mol. The van der Waals surface area contributed by atoms with Crippen LogP contribution in [0.2, 0.25) is 0 Å². The zero-order valence-electron chi connectivity index (χ0n) is 33.5. The standard InChI is InChI=1S/C14H12N4OS.C13H12N6O.C11H10N2O.C4H6N2S2.2H2/c1-20-14(17-10-15)18-11-2-4-12(5-3-11)19-13-6-8-16-9-7-13;14-12-17-13(19-18-12)16-9-1-3-10(4-2-9)20-11-5-7-15-8-6-11;12-9-1-3-10(4-2-9)14-11-5-7-13-8-6-11;1-7-4(8-2)6-3-5;;/h2-9H,1H3,(H,17,18);1-8H,(H4,14,16,17,18,19);1-8H,12H2;1-2H3;2*1H/i;;;;2*1+1. The summed E-state index contributed by atoms with van der Waals surface area (Å²) in [6, 6.07) is 32.7. The van der Waals surface area contributed by atoms with Gasteiger partial charge < -0.3 is 31.0 Å². The Bertz CT molecular complexity index is 2490. The summed E-state index contributed by atoms with van der Waals surface area (Å²) in [4.78, 5) is 23.5. The maximum atomic E-state index is 8.57. The van der Waals surface area contributed by atoms with E-state index in [0.717, 1.165) is 50.2 Å². The predicted molar refractivity (Wildman–Crippen MR) is 254 cm³/mol. The highest BCUT2D eigenvalue weighted by molar-refractivity contribution is 8.38. The lowest BCUT2D eigenvalue weighted by Crippen LogP contribution is -2.12. The van der Waals surface area contributed by atoms with E-state index in [2.05, 4.69) is 50.8 Å². The number of H-pyrrole nitrogens is 1. The van der Waals surface area contributed by atoms with Crippen molar-refractivity contribution in [3.63, 3.8) is 0 Å². The van der Waals surface area contributed by atoms with Gasteiger partial charge in [0.15, 0.2) is 11.4 Å². The van der Waals surface area contributed by atoms with Crippen molar-refractivity contribution in [1.82, 2.24) is 35.5 Å². The molecule has 3 aromatic carbocycles. The van der Waals surface area contributed by atoms with E-state index in [1.54, 1.807) is 91.9 Å². The highest BCUT2D eigenvalue weighted by Crippen LogP contribution is 2.25. The number of aliphatic imine (C=N–C) groups is 2. The average molecular weight is 891 g/mol. The first-order valence-electron chi connectivity index (χ1n) is 17.9. The molecule has 318 valence electrons. The van der Waals surface area contributed by atoms with Gasteiger partial charge in [-0.25, -0.2) is 10.1 Å². The molecule has 17 nitrogen and oxygen atoms in total. The zero-order valence-corrected chi connectivity index (χ0v) is 35.9. The van der Waals surface area contributed by atoms with Gasteiger partial charge in [-0.15, -0.1) is 28.6 Å². The normalized spacial score (nSPS) is 9.92. The molecule has 0 amide bonds. The van der Waals surface area contributed by atoms with Crippen LogP contribution in [0.15, 0.2) is 156 Å². The van der Waals surface area contributed by atoms with Gasteiger partial charge in [0.2, 0.25) is 18.1 Å². The van der Waals surface area contributed by atoms with E-state index >= 15 is 0 Å². The van der Waals surface area contributed by atoms with E-state index in [0.29, 0.717) is 16.9 Å². The second kappa shape index (κ2) is 27.1. The summed E-state index contributed by atoms with van der Waals surface area (Å²) in [7, 11) is 0. The molecule has 62 heavy (non-hydrogen) atoms. The van der Waals surface area contributed by atoms with Crippen molar-refractivity contribution in [3.8, 4) is 46.9 Å². The Morgan fingerprint density at radius 3 is 1.44 bits per heavy atom. The minimum absolute atomic E-state index is 0. The lowest BCUT2D eigenvalue weighted by Gasteiger charge is -2.06. The molecule has 7 N–H and O–H groups in total. The second-order valence-corrected chi connectivity index (χ2v) is 14.0. The lowest BCUT2D eigenvalue weighted by molar-refractivity contribution is 0.481. The fraction of sp³-hybridized carbons (Fsp3) is 0.0714. The Morgan fingerprint density at radius 2 is 1.06 bits per heavy atom. The Morgan fingerprint density at radius 1 is 0.629 bits per heavy atom. The number of hydrogen-bond donors (Lipinski definition) is 5. The van der Waals surface area contributed by atoms with Gasteiger partial charge in [-0.2, -0.15) is 20.5 Å². The van der Waals surface area contributed by atoms with E-state index in [4.69, 9.17) is 36.2 Å². The van der Waals surface area contributed by atoms with Gasteiger partial charge >= 0.3 is 0 Å².